The minimum atomic E-state index is -0.438. The third kappa shape index (κ3) is 7.27. The average molecular weight is 375 g/mol. The van der Waals surface area contributed by atoms with Gasteiger partial charge in [-0.25, -0.2) is 4.39 Å². The van der Waals surface area contributed by atoms with Crippen molar-refractivity contribution in [2.45, 2.75) is 24.7 Å². The van der Waals surface area contributed by atoms with E-state index in [0.29, 0.717) is 17.7 Å². The van der Waals surface area contributed by atoms with Crippen LogP contribution in [0.4, 0.5) is 4.39 Å². The number of carbonyl (C=O) groups is 2. The van der Waals surface area contributed by atoms with Crippen molar-refractivity contribution in [3.8, 4) is 0 Å². The van der Waals surface area contributed by atoms with E-state index in [2.05, 4.69) is 5.32 Å². The summed E-state index contributed by atoms with van der Waals surface area (Å²) in [6, 6.07) is 14.3. The fourth-order valence-corrected chi connectivity index (χ4v) is 2.93. The molecule has 4 nitrogen and oxygen atoms in total. The Morgan fingerprint density at radius 1 is 1.12 bits per heavy atom. The molecule has 2 aromatic carbocycles. The van der Waals surface area contributed by atoms with Crippen LogP contribution >= 0.6 is 11.8 Å². The molecule has 0 saturated heterocycles. The summed E-state index contributed by atoms with van der Waals surface area (Å²) in [5, 5.41) is 2.72. The first-order valence-corrected chi connectivity index (χ1v) is 9.38. The van der Waals surface area contributed by atoms with Gasteiger partial charge < -0.3 is 10.1 Å². The number of aryl methyl sites for hydroxylation is 2. The largest absolute Gasteiger partial charge is 0.463 e. The van der Waals surface area contributed by atoms with Crippen LogP contribution in [0.2, 0.25) is 0 Å². The molecule has 0 spiro atoms. The van der Waals surface area contributed by atoms with Gasteiger partial charge in [0.2, 0.25) is 5.91 Å². The predicted octanol–water partition coefficient (Wildman–Crippen LogP) is 3.52. The Morgan fingerprint density at radius 2 is 1.85 bits per heavy atom. The monoisotopic (exact) mass is 375 g/mol. The van der Waals surface area contributed by atoms with Gasteiger partial charge in [-0.1, -0.05) is 42.0 Å². The van der Waals surface area contributed by atoms with Gasteiger partial charge in [-0.05, 0) is 31.0 Å². The van der Waals surface area contributed by atoms with E-state index >= 15 is 0 Å². The summed E-state index contributed by atoms with van der Waals surface area (Å²) in [5.41, 5.74) is 2.30. The lowest BCUT2D eigenvalue weighted by molar-refractivity contribution is -0.140. The molecule has 0 unspecified atom stereocenters. The molecule has 0 fully saturated rings. The van der Waals surface area contributed by atoms with E-state index in [1.807, 2.05) is 31.2 Å². The van der Waals surface area contributed by atoms with Gasteiger partial charge in [0, 0.05) is 11.3 Å². The number of esters is 1. The third-order valence-corrected chi connectivity index (χ3v) is 4.65. The summed E-state index contributed by atoms with van der Waals surface area (Å²) in [5.74, 6) is -0.844. The Hall–Kier alpha value is -2.34. The third-order valence-electron chi connectivity index (χ3n) is 3.63. The molecule has 0 atom stereocenters. The normalized spacial score (nSPS) is 10.4. The second-order valence-electron chi connectivity index (χ2n) is 5.78. The maximum Gasteiger partial charge on any atom is 0.316 e. The molecule has 0 aromatic heterocycles. The minimum Gasteiger partial charge on any atom is -0.463 e. The Labute approximate surface area is 157 Å². The Bertz CT molecular complexity index is 734. The first-order valence-electron chi connectivity index (χ1n) is 8.40. The number of amides is 1. The molecule has 1 amide bonds. The van der Waals surface area contributed by atoms with E-state index in [1.165, 1.54) is 11.6 Å². The van der Waals surface area contributed by atoms with Crippen molar-refractivity contribution in [1.29, 1.82) is 0 Å². The zero-order valence-corrected chi connectivity index (χ0v) is 15.5. The number of ether oxygens (including phenoxy) is 1. The van der Waals surface area contributed by atoms with Crippen LogP contribution in [-0.4, -0.2) is 30.8 Å². The first kappa shape index (κ1) is 20.0. The number of benzene rings is 2. The molecule has 0 saturated carbocycles. The molecule has 0 aliphatic carbocycles. The standard InChI is InChI=1S/C20H22FNO3S/c1-15-6-8-16(9-7-15)10-11-19(23)22-12-13-25-20(24)14-26-18-5-3-2-4-17(18)21/h2-9H,10-14H2,1H3,(H,22,23). The number of hydrogen-bond acceptors (Lipinski definition) is 4. The highest BCUT2D eigenvalue weighted by molar-refractivity contribution is 8.00. The fourth-order valence-electron chi connectivity index (χ4n) is 2.20. The molecular formula is C20H22FNO3S. The molecule has 0 radical (unpaired) electrons. The van der Waals surface area contributed by atoms with Gasteiger partial charge in [0.1, 0.15) is 12.4 Å². The van der Waals surface area contributed by atoms with Gasteiger partial charge in [0.05, 0.1) is 12.3 Å². The van der Waals surface area contributed by atoms with Crippen molar-refractivity contribution in [3.63, 3.8) is 0 Å². The maximum atomic E-state index is 13.4. The van der Waals surface area contributed by atoms with E-state index < -0.39 is 5.97 Å². The number of carbonyl (C=O) groups excluding carboxylic acids is 2. The SMILES string of the molecule is Cc1ccc(CCC(=O)NCCOC(=O)CSc2ccccc2F)cc1. The van der Waals surface area contributed by atoms with Gasteiger partial charge >= 0.3 is 5.97 Å². The zero-order chi connectivity index (χ0) is 18.8. The van der Waals surface area contributed by atoms with Crippen molar-refractivity contribution in [2.75, 3.05) is 18.9 Å². The van der Waals surface area contributed by atoms with E-state index in [0.717, 1.165) is 17.3 Å². The van der Waals surface area contributed by atoms with Crippen LogP contribution in [0.25, 0.3) is 0 Å². The van der Waals surface area contributed by atoms with Gasteiger partial charge in [-0.15, -0.1) is 11.8 Å². The molecule has 0 bridgehead atoms. The molecule has 138 valence electrons. The van der Waals surface area contributed by atoms with Crippen LogP contribution in [0.3, 0.4) is 0 Å². The summed E-state index contributed by atoms with van der Waals surface area (Å²) in [6.07, 6.45) is 1.06. The number of hydrogen-bond donors (Lipinski definition) is 1. The van der Waals surface area contributed by atoms with E-state index in [-0.39, 0.29) is 30.6 Å². The van der Waals surface area contributed by atoms with E-state index in [9.17, 15) is 14.0 Å². The highest BCUT2D eigenvalue weighted by Gasteiger charge is 2.08. The molecule has 0 heterocycles. The zero-order valence-electron chi connectivity index (χ0n) is 14.7. The summed E-state index contributed by atoms with van der Waals surface area (Å²) >= 11 is 1.09. The molecule has 26 heavy (non-hydrogen) atoms. The topological polar surface area (TPSA) is 55.4 Å². The van der Waals surface area contributed by atoms with Crippen LogP contribution in [0.1, 0.15) is 17.5 Å². The highest BCUT2D eigenvalue weighted by atomic mass is 32.2. The van der Waals surface area contributed by atoms with Crippen molar-refractivity contribution in [3.05, 3.63) is 65.5 Å². The van der Waals surface area contributed by atoms with Crippen LogP contribution in [-0.2, 0) is 20.7 Å². The van der Waals surface area contributed by atoms with Crippen molar-refractivity contribution in [1.82, 2.24) is 5.32 Å². The lowest BCUT2D eigenvalue weighted by Gasteiger charge is -2.07. The molecule has 0 aliphatic heterocycles. The predicted molar refractivity (Wildman–Crippen MR) is 101 cm³/mol. The highest BCUT2D eigenvalue weighted by Crippen LogP contribution is 2.20. The van der Waals surface area contributed by atoms with Crippen molar-refractivity contribution >= 4 is 23.6 Å². The lowest BCUT2D eigenvalue weighted by Crippen LogP contribution is -2.28. The second kappa shape index (κ2) is 10.6. The molecule has 0 aliphatic rings. The van der Waals surface area contributed by atoms with Gasteiger partial charge in [-0.3, -0.25) is 9.59 Å². The van der Waals surface area contributed by atoms with E-state index in [1.54, 1.807) is 18.2 Å². The van der Waals surface area contributed by atoms with Crippen LogP contribution < -0.4 is 5.32 Å². The van der Waals surface area contributed by atoms with Gasteiger partial charge in [-0.2, -0.15) is 0 Å². The molecular weight excluding hydrogens is 353 g/mol. The van der Waals surface area contributed by atoms with Crippen LogP contribution in [0.5, 0.6) is 0 Å². The summed E-state index contributed by atoms with van der Waals surface area (Å²) < 4.78 is 18.5. The Balaban J connectivity index is 1.56. The number of rotatable bonds is 9. The quantitative estimate of drug-likeness (QED) is 0.414. The van der Waals surface area contributed by atoms with Crippen LogP contribution in [0.15, 0.2) is 53.4 Å². The minimum absolute atomic E-state index is 0.0301. The smallest absolute Gasteiger partial charge is 0.316 e. The maximum absolute atomic E-state index is 13.4. The average Bonchev–Trinajstić information content (AvgIpc) is 2.64. The molecule has 6 heteroatoms. The van der Waals surface area contributed by atoms with Gasteiger partial charge in [0.25, 0.3) is 0 Å². The first-order chi connectivity index (χ1) is 12.5. The lowest BCUT2D eigenvalue weighted by atomic mass is 10.1. The number of thioether (sulfide) groups is 1. The fraction of sp³-hybridized carbons (Fsp3) is 0.300. The number of nitrogens with one attached hydrogen (secondary N) is 1. The number of halogens is 1. The second-order valence-corrected chi connectivity index (χ2v) is 6.79. The van der Waals surface area contributed by atoms with E-state index in [4.69, 9.17) is 4.74 Å². The summed E-state index contributed by atoms with van der Waals surface area (Å²) in [6.45, 7) is 2.39. The Morgan fingerprint density at radius 3 is 2.58 bits per heavy atom. The van der Waals surface area contributed by atoms with Crippen LogP contribution in [0, 0.1) is 12.7 Å². The van der Waals surface area contributed by atoms with Crippen molar-refractivity contribution in [2.24, 2.45) is 0 Å². The summed E-state index contributed by atoms with van der Waals surface area (Å²) in [7, 11) is 0. The summed E-state index contributed by atoms with van der Waals surface area (Å²) in [4.78, 5) is 23.8. The molecule has 2 rings (SSSR count). The van der Waals surface area contributed by atoms with Gasteiger partial charge in [0.15, 0.2) is 0 Å². The molecule has 1 N–H and O–H groups in total. The molecule has 2 aromatic rings. The Kier molecular flexibility index (Phi) is 8.15. The van der Waals surface area contributed by atoms with Crippen molar-refractivity contribution < 1.29 is 18.7 Å².